The third kappa shape index (κ3) is 5.03. The summed E-state index contributed by atoms with van der Waals surface area (Å²) < 4.78 is 42.7. The Labute approximate surface area is 159 Å². The number of ether oxygens (including phenoxy) is 2. The van der Waals surface area contributed by atoms with Crippen molar-refractivity contribution >= 4 is 5.91 Å². The summed E-state index contributed by atoms with van der Waals surface area (Å²) in [6.07, 6.45) is 2.90. The number of nitrogens with one attached hydrogen (secondary N) is 1. The van der Waals surface area contributed by atoms with E-state index in [2.05, 4.69) is 15.5 Å². The molecule has 1 atom stereocenters. The fraction of sp³-hybridized carbons (Fsp3) is 0.211. The Bertz CT molecular complexity index is 914. The van der Waals surface area contributed by atoms with Gasteiger partial charge < -0.3 is 19.3 Å². The number of carbonyl (C=O) groups is 1. The van der Waals surface area contributed by atoms with Gasteiger partial charge in [-0.05, 0) is 31.2 Å². The number of pyridine rings is 1. The van der Waals surface area contributed by atoms with E-state index in [1.165, 1.54) is 12.1 Å². The Morgan fingerprint density at radius 2 is 2.04 bits per heavy atom. The minimum atomic E-state index is -0.833. The van der Waals surface area contributed by atoms with Gasteiger partial charge in [0.1, 0.15) is 18.5 Å². The summed E-state index contributed by atoms with van der Waals surface area (Å²) in [6, 6.07) is 8.22. The predicted octanol–water partition coefficient (Wildman–Crippen LogP) is 3.12. The Kier molecular flexibility index (Phi) is 6.15. The van der Waals surface area contributed by atoms with Crippen LogP contribution in [0.3, 0.4) is 0 Å². The van der Waals surface area contributed by atoms with Crippen LogP contribution in [-0.4, -0.2) is 28.7 Å². The van der Waals surface area contributed by atoms with Crippen LogP contribution in [0.15, 0.2) is 53.3 Å². The Balaban J connectivity index is 1.49. The maximum absolute atomic E-state index is 13.5. The zero-order valence-electron chi connectivity index (χ0n) is 14.9. The second-order valence-corrected chi connectivity index (χ2v) is 5.85. The molecule has 0 bridgehead atoms. The van der Waals surface area contributed by atoms with Crippen molar-refractivity contribution in [3.8, 4) is 11.5 Å². The minimum absolute atomic E-state index is 0.0150. The maximum Gasteiger partial charge on any atom is 0.273 e. The van der Waals surface area contributed by atoms with Crippen LogP contribution in [-0.2, 0) is 6.61 Å². The molecule has 0 aliphatic carbocycles. The van der Waals surface area contributed by atoms with Crippen molar-refractivity contribution in [3.05, 3.63) is 71.9 Å². The summed E-state index contributed by atoms with van der Waals surface area (Å²) in [4.78, 5) is 16.1. The molecule has 0 radical (unpaired) electrons. The average molecular weight is 389 g/mol. The van der Waals surface area contributed by atoms with Crippen molar-refractivity contribution in [2.45, 2.75) is 19.6 Å². The molecule has 3 rings (SSSR count). The lowest BCUT2D eigenvalue weighted by Crippen LogP contribution is -2.33. The second-order valence-electron chi connectivity index (χ2n) is 5.85. The minimum Gasteiger partial charge on any atom is -0.487 e. The Morgan fingerprint density at radius 1 is 1.25 bits per heavy atom. The van der Waals surface area contributed by atoms with Crippen LogP contribution in [0, 0.1) is 11.6 Å². The highest BCUT2D eigenvalue weighted by Crippen LogP contribution is 2.22. The second kappa shape index (κ2) is 8.94. The number of benzene rings is 1. The predicted molar refractivity (Wildman–Crippen MR) is 93.9 cm³/mol. The molecule has 1 N–H and O–H groups in total. The number of carbonyl (C=O) groups excluding carboxylic acids is 1. The number of rotatable bonds is 8. The van der Waals surface area contributed by atoms with E-state index in [4.69, 9.17) is 14.0 Å². The van der Waals surface area contributed by atoms with Gasteiger partial charge in [0.2, 0.25) is 0 Å². The van der Waals surface area contributed by atoms with E-state index < -0.39 is 23.3 Å². The number of aromatic nitrogens is 2. The first-order valence-corrected chi connectivity index (χ1v) is 8.40. The molecule has 9 heteroatoms. The Hall–Kier alpha value is -3.49. The summed E-state index contributed by atoms with van der Waals surface area (Å²) in [5, 5.41) is 6.29. The van der Waals surface area contributed by atoms with Crippen molar-refractivity contribution in [2.75, 3.05) is 6.54 Å². The van der Waals surface area contributed by atoms with E-state index in [1.807, 2.05) is 0 Å². The Morgan fingerprint density at radius 3 is 2.75 bits per heavy atom. The first-order chi connectivity index (χ1) is 13.5. The quantitative estimate of drug-likeness (QED) is 0.637. The van der Waals surface area contributed by atoms with Crippen LogP contribution >= 0.6 is 0 Å². The molecule has 7 nitrogen and oxygen atoms in total. The van der Waals surface area contributed by atoms with Gasteiger partial charge in [-0.15, -0.1) is 0 Å². The van der Waals surface area contributed by atoms with Gasteiger partial charge in [0.05, 0.1) is 12.7 Å². The van der Waals surface area contributed by atoms with Crippen molar-refractivity contribution in [2.24, 2.45) is 0 Å². The van der Waals surface area contributed by atoms with Gasteiger partial charge >= 0.3 is 0 Å². The lowest BCUT2D eigenvalue weighted by molar-refractivity contribution is 0.0922. The van der Waals surface area contributed by atoms with E-state index in [-0.39, 0.29) is 30.7 Å². The molecule has 0 spiro atoms. The SMILES string of the molecule is C[C@@H](CNC(=O)c1cc(COc2c(F)cccc2F)on1)Oc1cccnc1. The highest BCUT2D eigenvalue weighted by Gasteiger charge is 2.16. The van der Waals surface area contributed by atoms with E-state index in [0.717, 1.165) is 12.1 Å². The van der Waals surface area contributed by atoms with Gasteiger partial charge in [-0.1, -0.05) is 11.2 Å². The summed E-state index contributed by atoms with van der Waals surface area (Å²) in [7, 11) is 0. The van der Waals surface area contributed by atoms with Gasteiger partial charge in [-0.25, -0.2) is 8.78 Å². The largest absolute Gasteiger partial charge is 0.487 e. The molecule has 2 aromatic heterocycles. The average Bonchev–Trinajstić information content (AvgIpc) is 3.16. The summed E-state index contributed by atoms with van der Waals surface area (Å²) >= 11 is 0. The van der Waals surface area contributed by atoms with Crippen LogP contribution in [0.5, 0.6) is 11.5 Å². The highest BCUT2D eigenvalue weighted by atomic mass is 19.1. The number of nitrogens with zero attached hydrogens (tertiary/aromatic N) is 2. The van der Waals surface area contributed by atoms with Gasteiger partial charge in [-0.2, -0.15) is 0 Å². The van der Waals surface area contributed by atoms with E-state index in [9.17, 15) is 13.6 Å². The van der Waals surface area contributed by atoms with Crippen LogP contribution in [0.25, 0.3) is 0 Å². The molecule has 3 aromatic rings. The van der Waals surface area contributed by atoms with E-state index in [1.54, 1.807) is 31.5 Å². The fourth-order valence-electron chi connectivity index (χ4n) is 2.27. The number of hydrogen-bond donors (Lipinski definition) is 1. The normalized spacial score (nSPS) is 11.7. The summed E-state index contributed by atoms with van der Waals surface area (Å²) in [5.74, 6) is -1.93. The van der Waals surface area contributed by atoms with Crippen LogP contribution < -0.4 is 14.8 Å². The van der Waals surface area contributed by atoms with Gasteiger partial charge in [0, 0.05) is 12.3 Å². The van der Waals surface area contributed by atoms with Crippen LogP contribution in [0.1, 0.15) is 23.2 Å². The molecule has 1 amide bonds. The highest BCUT2D eigenvalue weighted by molar-refractivity contribution is 5.92. The van der Waals surface area contributed by atoms with Crippen molar-refractivity contribution < 1.29 is 27.6 Å². The molecular formula is C19H17F2N3O4. The molecule has 0 unspecified atom stereocenters. The first-order valence-electron chi connectivity index (χ1n) is 8.40. The molecule has 1 aromatic carbocycles. The lowest BCUT2D eigenvalue weighted by Gasteiger charge is -2.14. The topological polar surface area (TPSA) is 86.5 Å². The first kappa shape index (κ1) is 19.3. The summed E-state index contributed by atoms with van der Waals surface area (Å²) in [5.41, 5.74) is 0.0150. The number of para-hydroxylation sites is 1. The number of amides is 1. The fourth-order valence-corrected chi connectivity index (χ4v) is 2.27. The van der Waals surface area contributed by atoms with Gasteiger partial charge in [-0.3, -0.25) is 9.78 Å². The zero-order valence-corrected chi connectivity index (χ0v) is 14.9. The van der Waals surface area contributed by atoms with Crippen molar-refractivity contribution in [1.29, 1.82) is 0 Å². The molecule has 0 aliphatic rings. The smallest absolute Gasteiger partial charge is 0.273 e. The molecule has 0 aliphatic heterocycles. The summed E-state index contributed by atoms with van der Waals surface area (Å²) in [6.45, 7) is 1.74. The third-order valence-electron chi connectivity index (χ3n) is 3.59. The van der Waals surface area contributed by atoms with Crippen molar-refractivity contribution in [3.63, 3.8) is 0 Å². The molecule has 146 valence electrons. The van der Waals surface area contributed by atoms with E-state index in [0.29, 0.717) is 5.75 Å². The van der Waals surface area contributed by atoms with Gasteiger partial charge in [0.25, 0.3) is 5.91 Å². The maximum atomic E-state index is 13.5. The molecule has 28 heavy (non-hydrogen) atoms. The van der Waals surface area contributed by atoms with Gasteiger partial charge in [0.15, 0.2) is 28.8 Å². The monoisotopic (exact) mass is 389 g/mol. The third-order valence-corrected chi connectivity index (χ3v) is 3.59. The van der Waals surface area contributed by atoms with Crippen molar-refractivity contribution in [1.82, 2.24) is 15.5 Å². The van der Waals surface area contributed by atoms with Crippen LogP contribution in [0.4, 0.5) is 8.78 Å². The molecular weight excluding hydrogens is 372 g/mol. The lowest BCUT2D eigenvalue weighted by atomic mass is 10.3. The molecule has 0 saturated carbocycles. The van der Waals surface area contributed by atoms with Crippen LogP contribution in [0.2, 0.25) is 0 Å². The van der Waals surface area contributed by atoms with E-state index >= 15 is 0 Å². The number of halogens is 2. The zero-order chi connectivity index (χ0) is 19.9. The molecule has 0 fully saturated rings. The molecule has 2 heterocycles. The number of hydrogen-bond acceptors (Lipinski definition) is 6. The standard InChI is InChI=1S/C19H17F2N3O4/c1-12(27-13-4-3-7-22-10-13)9-23-19(25)17-8-14(28-24-17)11-26-18-15(20)5-2-6-16(18)21/h2-8,10,12H,9,11H2,1H3,(H,23,25)/t12-/m0/s1. The molecule has 0 saturated heterocycles.